The van der Waals surface area contributed by atoms with Crippen molar-refractivity contribution in [2.45, 2.75) is 19.3 Å². The summed E-state index contributed by atoms with van der Waals surface area (Å²) in [7, 11) is 3.29. The Kier molecular flexibility index (Phi) is 17.6. The van der Waals surface area contributed by atoms with E-state index in [4.69, 9.17) is 35.1 Å². The van der Waals surface area contributed by atoms with Crippen LogP contribution in [0.1, 0.15) is 30.4 Å². The van der Waals surface area contributed by atoms with E-state index >= 15 is 0 Å². The van der Waals surface area contributed by atoms with Crippen LogP contribution in [0.2, 0.25) is 5.28 Å². The number of hydrogen-bond donors (Lipinski definition) is 1. The van der Waals surface area contributed by atoms with Gasteiger partial charge >= 0.3 is 0 Å². The van der Waals surface area contributed by atoms with Crippen molar-refractivity contribution in [3.8, 4) is 45.6 Å². The third-order valence-corrected chi connectivity index (χ3v) is 10.9. The van der Waals surface area contributed by atoms with Gasteiger partial charge in [0.1, 0.15) is 12.7 Å². The Balaban J connectivity index is 0.000000179. The smallest absolute Gasteiger partial charge is 0.255 e. The summed E-state index contributed by atoms with van der Waals surface area (Å²) in [6.45, 7) is 5.87. The molecule has 0 spiro atoms. The predicted octanol–water partition coefficient (Wildman–Crippen LogP) is 5.30. The summed E-state index contributed by atoms with van der Waals surface area (Å²) in [6.07, 6.45) is 8.70. The number of benzene rings is 2. The van der Waals surface area contributed by atoms with Gasteiger partial charge in [-0.3, -0.25) is 18.7 Å². The molecule has 8 heterocycles. The first-order chi connectivity index (χ1) is 31.8. The fourth-order valence-electron chi connectivity index (χ4n) is 6.99. The molecule has 2 atom stereocenters. The second-order valence-corrected chi connectivity index (χ2v) is 15.1. The van der Waals surface area contributed by atoms with E-state index in [1.165, 1.54) is 47.7 Å². The number of anilines is 1. The second kappa shape index (κ2) is 23.9. The minimum Gasteiger partial charge on any atom is -0.379 e. The maximum absolute atomic E-state index is 12.7. The van der Waals surface area contributed by atoms with Gasteiger partial charge in [0.2, 0.25) is 35.7 Å². The van der Waals surface area contributed by atoms with Gasteiger partial charge in [-0.05, 0) is 34.9 Å². The van der Waals surface area contributed by atoms with Gasteiger partial charge in [0.25, 0.3) is 11.1 Å². The van der Waals surface area contributed by atoms with Crippen LogP contribution in [-0.4, -0.2) is 112 Å². The number of aromatic nitrogens is 12. The first kappa shape index (κ1) is 49.3. The zero-order chi connectivity index (χ0) is 45.0. The third-order valence-electron chi connectivity index (χ3n) is 10.6. The van der Waals surface area contributed by atoms with E-state index in [1.807, 2.05) is 36.4 Å². The summed E-state index contributed by atoms with van der Waals surface area (Å²) in [5, 5.41) is 11.2. The summed E-state index contributed by atoms with van der Waals surface area (Å²) < 4.78 is 23.8. The first-order valence-corrected chi connectivity index (χ1v) is 20.9. The van der Waals surface area contributed by atoms with Crippen LogP contribution in [0, 0.1) is 0 Å². The van der Waals surface area contributed by atoms with Crippen molar-refractivity contribution in [2.75, 3.05) is 57.5 Å². The Hall–Kier alpha value is -7.10. The molecule has 0 aliphatic carbocycles. The highest BCUT2D eigenvalue weighted by Gasteiger charge is 2.24. The lowest BCUT2D eigenvalue weighted by Gasteiger charge is -2.26. The maximum atomic E-state index is 12.7. The van der Waals surface area contributed by atoms with Crippen molar-refractivity contribution in [3.63, 3.8) is 0 Å². The van der Waals surface area contributed by atoms with Crippen LogP contribution in [0.25, 0.3) is 45.6 Å². The Bertz CT molecular complexity index is 2850. The standard InChI is InChI=1S/C22H21N7O3.C13H15N3O2.C9H7ClN4O.CH4.ClH/c1-28-20(30)10-19(18-6-7-23-13-24-18)26-22(28)29-8-9-31-12-17(11-29)15-2-4-16(5-3-15)21-25-14-32-27-21;1-3-11(13-15-9-18-16-13)4-2-10(1)12-7-14-5-6-17-8-12;1-14-8(15)4-7(13-9(14)10)6-2-3-11-5-12-6;;/h2-7,10,13-14,17H,8-9,11-12H2,1H3;1-4,9,12,14H,5-8H2;2-5H,1H3;1H4;1H. The molecule has 0 amide bonds. The monoisotopic (exact) mass is 950 g/mol. The van der Waals surface area contributed by atoms with Gasteiger partial charge in [0.05, 0.1) is 49.2 Å². The van der Waals surface area contributed by atoms with Crippen LogP contribution in [-0.2, 0) is 23.6 Å². The average Bonchev–Trinajstić information content (AvgIpc) is 3.97. The van der Waals surface area contributed by atoms with Crippen molar-refractivity contribution in [1.82, 2.24) is 64.6 Å². The predicted molar refractivity (Wildman–Crippen MR) is 252 cm³/mol. The Morgan fingerprint density at radius 3 is 1.73 bits per heavy atom. The molecule has 348 valence electrons. The van der Waals surface area contributed by atoms with Crippen LogP contribution in [0.15, 0.2) is 129 Å². The molecule has 2 aliphatic rings. The molecule has 10 rings (SSSR count). The molecule has 20 nitrogen and oxygen atoms in total. The van der Waals surface area contributed by atoms with Crippen molar-refractivity contribution >= 4 is 30.0 Å². The molecule has 22 heteroatoms. The number of ether oxygens (including phenoxy) is 2. The normalized spacial score (nSPS) is 15.8. The largest absolute Gasteiger partial charge is 0.379 e. The molecule has 67 heavy (non-hydrogen) atoms. The van der Waals surface area contributed by atoms with E-state index in [9.17, 15) is 9.59 Å². The van der Waals surface area contributed by atoms with Crippen molar-refractivity contribution in [2.24, 2.45) is 14.1 Å². The number of nitrogens with one attached hydrogen (secondary N) is 1. The summed E-state index contributed by atoms with van der Waals surface area (Å²) >= 11 is 5.78. The molecule has 0 radical (unpaired) electrons. The van der Waals surface area contributed by atoms with Crippen molar-refractivity contribution in [1.29, 1.82) is 0 Å². The molecule has 2 fully saturated rings. The average molecular weight is 952 g/mol. The minimum absolute atomic E-state index is 0. The fraction of sp³-hybridized carbons (Fsp3) is 0.289. The molecule has 2 aliphatic heterocycles. The second-order valence-electron chi connectivity index (χ2n) is 14.8. The van der Waals surface area contributed by atoms with Gasteiger partial charge in [-0.1, -0.05) is 66.3 Å². The molecule has 2 unspecified atom stereocenters. The van der Waals surface area contributed by atoms with Gasteiger partial charge in [-0.15, -0.1) is 12.4 Å². The zero-order valence-corrected chi connectivity index (χ0v) is 37.3. The minimum atomic E-state index is -0.219. The van der Waals surface area contributed by atoms with Gasteiger partial charge in [-0.25, -0.2) is 29.9 Å². The van der Waals surface area contributed by atoms with E-state index < -0.39 is 0 Å². The van der Waals surface area contributed by atoms with Gasteiger partial charge in [0.15, 0.2) is 0 Å². The number of rotatable bonds is 7. The molecule has 8 aromatic rings. The summed E-state index contributed by atoms with van der Waals surface area (Å²) in [6, 6.07) is 22.6. The summed E-state index contributed by atoms with van der Waals surface area (Å²) in [4.78, 5) is 59.0. The summed E-state index contributed by atoms with van der Waals surface area (Å²) in [5.74, 6) is 2.28. The summed E-state index contributed by atoms with van der Waals surface area (Å²) in [5.41, 5.74) is 6.05. The zero-order valence-electron chi connectivity index (χ0n) is 35.8. The first-order valence-electron chi connectivity index (χ1n) is 20.5. The quantitative estimate of drug-likeness (QED) is 0.200. The number of nitrogens with zero attached hydrogens (tertiary/aromatic N) is 13. The molecule has 6 aromatic heterocycles. The van der Waals surface area contributed by atoms with Crippen LogP contribution in [0.5, 0.6) is 0 Å². The van der Waals surface area contributed by atoms with E-state index in [-0.39, 0.29) is 42.2 Å². The molecule has 0 saturated carbocycles. The van der Waals surface area contributed by atoms with Crippen molar-refractivity contribution < 1.29 is 18.5 Å². The Morgan fingerprint density at radius 2 is 1.19 bits per heavy atom. The van der Waals surface area contributed by atoms with Gasteiger partial charge in [-0.2, -0.15) is 9.97 Å². The van der Waals surface area contributed by atoms with Crippen LogP contribution in [0.3, 0.4) is 0 Å². The SMILES string of the molecule is C.Cl.Cn1c(Cl)nc(-c2ccncn2)cc1=O.Cn1c(N2CCOCC(c3ccc(-c4ncon4)cc3)C2)nc(-c2ccncn2)cc1=O.c1nc(-c2ccc(C3CNCCOC3)cc2)no1. The van der Waals surface area contributed by atoms with Gasteiger partial charge in [0, 0.05) is 87.8 Å². The van der Waals surface area contributed by atoms with E-state index in [0.717, 1.165) is 43.0 Å². The van der Waals surface area contributed by atoms with Gasteiger partial charge < -0.3 is 28.7 Å². The highest BCUT2D eigenvalue weighted by Crippen LogP contribution is 2.26. The van der Waals surface area contributed by atoms with Crippen molar-refractivity contribution in [3.05, 3.63) is 148 Å². The maximum Gasteiger partial charge on any atom is 0.255 e. The Morgan fingerprint density at radius 1 is 0.657 bits per heavy atom. The molecule has 0 bridgehead atoms. The highest BCUT2D eigenvalue weighted by molar-refractivity contribution is 6.28. The lowest BCUT2D eigenvalue weighted by Crippen LogP contribution is -2.35. The molecular weight excluding hydrogens is 903 g/mol. The van der Waals surface area contributed by atoms with Crippen LogP contribution >= 0.6 is 24.0 Å². The Labute approximate surface area is 395 Å². The number of halogens is 2. The molecule has 1 N–H and O–H groups in total. The fourth-order valence-corrected chi connectivity index (χ4v) is 7.16. The highest BCUT2D eigenvalue weighted by atomic mass is 35.5. The molecule has 2 aromatic carbocycles. The van der Waals surface area contributed by atoms with E-state index in [0.29, 0.717) is 72.6 Å². The number of hydrogen-bond acceptors (Lipinski definition) is 18. The molecule has 2 saturated heterocycles. The molecular formula is C45H48Cl2N14O6. The van der Waals surface area contributed by atoms with Crippen LogP contribution in [0.4, 0.5) is 5.95 Å². The topological polar surface area (TPSA) is 233 Å². The van der Waals surface area contributed by atoms with Crippen LogP contribution < -0.4 is 21.3 Å². The third kappa shape index (κ3) is 12.6. The lowest BCUT2D eigenvalue weighted by molar-refractivity contribution is 0.141. The van der Waals surface area contributed by atoms with E-state index in [1.54, 1.807) is 43.2 Å². The van der Waals surface area contributed by atoms with E-state index in [2.05, 4.69) is 67.6 Å². The lowest BCUT2D eigenvalue weighted by atomic mass is 9.98.